The number of fused-ring (bicyclic) bond motifs is 1. The molecule has 0 spiro atoms. The molecule has 2 atom stereocenters. The van der Waals surface area contributed by atoms with Gasteiger partial charge in [0, 0.05) is 0 Å². The smallest absolute Gasteiger partial charge is 0.131 e. The van der Waals surface area contributed by atoms with E-state index in [0.29, 0.717) is 6.54 Å². The van der Waals surface area contributed by atoms with Crippen molar-refractivity contribution in [2.24, 2.45) is 5.73 Å². The summed E-state index contributed by atoms with van der Waals surface area (Å²) in [7, 11) is 0. The maximum absolute atomic E-state index is 9.77. The van der Waals surface area contributed by atoms with Gasteiger partial charge in [-0.25, -0.2) is 4.98 Å². The number of hydrogen-bond acceptors (Lipinski definition) is 3. The first-order valence-corrected chi connectivity index (χ1v) is 7.10. The molecule has 0 aliphatic carbocycles. The Morgan fingerprint density at radius 2 is 1.76 bits per heavy atom. The fraction of sp³-hybridized carbons (Fsp3) is 0.235. The van der Waals surface area contributed by atoms with E-state index in [1.165, 1.54) is 0 Å². The van der Waals surface area contributed by atoms with Gasteiger partial charge in [-0.1, -0.05) is 42.5 Å². The first-order chi connectivity index (χ1) is 10.2. The third-order valence-corrected chi connectivity index (χ3v) is 3.57. The standard InChI is InChI=1S/C17H19N3O/c1-12(21)11-20-15-10-6-5-9-14(15)19-17(20)16(18)13-7-3-2-4-8-13/h2-10,12,16,21H,11,18H2,1H3. The van der Waals surface area contributed by atoms with E-state index >= 15 is 0 Å². The van der Waals surface area contributed by atoms with Gasteiger partial charge in [0.1, 0.15) is 5.82 Å². The molecule has 4 heteroatoms. The van der Waals surface area contributed by atoms with Gasteiger partial charge in [-0.3, -0.25) is 0 Å². The molecule has 1 heterocycles. The van der Waals surface area contributed by atoms with Crippen LogP contribution in [0.4, 0.5) is 0 Å². The summed E-state index contributed by atoms with van der Waals surface area (Å²) >= 11 is 0. The lowest BCUT2D eigenvalue weighted by atomic mass is 10.1. The molecular formula is C17H19N3O. The minimum atomic E-state index is -0.454. The fourth-order valence-electron chi connectivity index (χ4n) is 2.60. The molecule has 2 aromatic carbocycles. The number of aliphatic hydroxyl groups is 1. The first-order valence-electron chi connectivity index (χ1n) is 7.10. The summed E-state index contributed by atoms with van der Waals surface area (Å²) in [5.74, 6) is 0.781. The predicted octanol–water partition coefficient (Wildman–Crippen LogP) is 2.47. The molecule has 0 bridgehead atoms. The Bertz CT molecular complexity index is 734. The van der Waals surface area contributed by atoms with Crippen LogP contribution in [0.1, 0.15) is 24.4 Å². The Morgan fingerprint density at radius 1 is 1.10 bits per heavy atom. The summed E-state index contributed by atoms with van der Waals surface area (Å²) in [6, 6.07) is 17.5. The van der Waals surface area contributed by atoms with E-state index in [9.17, 15) is 5.11 Å². The summed E-state index contributed by atoms with van der Waals surface area (Å²) in [4.78, 5) is 4.67. The summed E-state index contributed by atoms with van der Waals surface area (Å²) in [5, 5.41) is 9.77. The number of imidazole rings is 1. The van der Waals surface area contributed by atoms with E-state index in [-0.39, 0.29) is 6.04 Å². The molecule has 0 aliphatic rings. The molecular weight excluding hydrogens is 262 g/mol. The number of aromatic nitrogens is 2. The van der Waals surface area contributed by atoms with Gasteiger partial charge in [0.25, 0.3) is 0 Å². The highest BCUT2D eigenvalue weighted by atomic mass is 16.3. The van der Waals surface area contributed by atoms with Gasteiger partial charge in [0.05, 0.1) is 29.7 Å². The Kier molecular flexibility index (Phi) is 3.73. The zero-order valence-electron chi connectivity index (χ0n) is 12.0. The van der Waals surface area contributed by atoms with E-state index in [4.69, 9.17) is 5.73 Å². The van der Waals surface area contributed by atoms with E-state index in [1.807, 2.05) is 59.2 Å². The second-order valence-corrected chi connectivity index (χ2v) is 5.31. The van der Waals surface area contributed by atoms with Gasteiger partial charge in [-0.2, -0.15) is 0 Å². The number of para-hydroxylation sites is 2. The Hall–Kier alpha value is -2.17. The molecule has 4 nitrogen and oxygen atoms in total. The second-order valence-electron chi connectivity index (χ2n) is 5.31. The quantitative estimate of drug-likeness (QED) is 0.772. The van der Waals surface area contributed by atoms with Gasteiger partial charge in [-0.15, -0.1) is 0 Å². The van der Waals surface area contributed by atoms with Crippen LogP contribution in [0.25, 0.3) is 11.0 Å². The summed E-state index contributed by atoms with van der Waals surface area (Å²) < 4.78 is 2.01. The molecule has 0 radical (unpaired) electrons. The van der Waals surface area contributed by atoms with E-state index in [0.717, 1.165) is 22.4 Å². The normalized spacial score (nSPS) is 14.2. The SMILES string of the molecule is CC(O)Cn1c(C(N)c2ccccc2)nc2ccccc21. The maximum Gasteiger partial charge on any atom is 0.131 e. The van der Waals surface area contributed by atoms with Crippen molar-refractivity contribution in [3.8, 4) is 0 Å². The van der Waals surface area contributed by atoms with Crippen LogP contribution in [0, 0.1) is 0 Å². The molecule has 0 fully saturated rings. The molecule has 3 aromatic rings. The minimum Gasteiger partial charge on any atom is -0.392 e. The maximum atomic E-state index is 9.77. The van der Waals surface area contributed by atoms with Gasteiger partial charge in [0.2, 0.25) is 0 Å². The van der Waals surface area contributed by atoms with Gasteiger partial charge in [0.15, 0.2) is 0 Å². The number of rotatable bonds is 4. The Morgan fingerprint density at radius 3 is 2.48 bits per heavy atom. The first kappa shape index (κ1) is 13.8. The predicted molar refractivity (Wildman–Crippen MR) is 83.9 cm³/mol. The highest BCUT2D eigenvalue weighted by molar-refractivity contribution is 5.76. The lowest BCUT2D eigenvalue weighted by Gasteiger charge is -2.16. The fourth-order valence-corrected chi connectivity index (χ4v) is 2.60. The van der Waals surface area contributed by atoms with Crippen LogP contribution in [0.2, 0.25) is 0 Å². The minimum absolute atomic E-state index is 0.308. The van der Waals surface area contributed by atoms with E-state index in [2.05, 4.69) is 4.98 Å². The summed E-state index contributed by atoms with van der Waals surface area (Å²) in [6.45, 7) is 2.25. The zero-order chi connectivity index (χ0) is 14.8. The molecule has 3 rings (SSSR count). The molecule has 2 unspecified atom stereocenters. The van der Waals surface area contributed by atoms with Crippen LogP contribution >= 0.6 is 0 Å². The second kappa shape index (κ2) is 5.68. The molecule has 108 valence electrons. The van der Waals surface area contributed by atoms with E-state index in [1.54, 1.807) is 6.92 Å². The van der Waals surface area contributed by atoms with Gasteiger partial charge >= 0.3 is 0 Å². The Balaban J connectivity index is 2.12. The lowest BCUT2D eigenvalue weighted by Crippen LogP contribution is -2.21. The van der Waals surface area contributed by atoms with Crippen molar-refractivity contribution in [3.05, 3.63) is 66.0 Å². The molecule has 0 saturated heterocycles. The van der Waals surface area contributed by atoms with Gasteiger partial charge in [-0.05, 0) is 24.6 Å². The number of nitrogens with two attached hydrogens (primary N) is 1. The average Bonchev–Trinajstić information content (AvgIpc) is 2.86. The van der Waals surface area contributed by atoms with Crippen LogP contribution in [-0.2, 0) is 6.54 Å². The molecule has 0 saturated carbocycles. The molecule has 0 amide bonds. The third-order valence-electron chi connectivity index (χ3n) is 3.57. The highest BCUT2D eigenvalue weighted by Gasteiger charge is 2.19. The largest absolute Gasteiger partial charge is 0.392 e. The van der Waals surface area contributed by atoms with Crippen LogP contribution < -0.4 is 5.73 Å². The monoisotopic (exact) mass is 281 g/mol. The van der Waals surface area contributed by atoms with Crippen LogP contribution in [0.3, 0.4) is 0 Å². The van der Waals surface area contributed by atoms with Crippen LogP contribution in [0.5, 0.6) is 0 Å². The van der Waals surface area contributed by atoms with Crippen molar-refractivity contribution >= 4 is 11.0 Å². The number of hydrogen-bond donors (Lipinski definition) is 2. The Labute approximate surface area is 123 Å². The number of benzene rings is 2. The summed E-state index contributed by atoms with van der Waals surface area (Å²) in [5.41, 5.74) is 9.31. The lowest BCUT2D eigenvalue weighted by molar-refractivity contribution is 0.173. The molecule has 21 heavy (non-hydrogen) atoms. The number of aliphatic hydroxyl groups excluding tert-OH is 1. The number of nitrogens with zero attached hydrogens (tertiary/aromatic N) is 2. The van der Waals surface area contributed by atoms with Crippen molar-refractivity contribution in [2.45, 2.75) is 25.6 Å². The van der Waals surface area contributed by atoms with Gasteiger partial charge < -0.3 is 15.4 Å². The highest BCUT2D eigenvalue weighted by Crippen LogP contribution is 2.24. The van der Waals surface area contributed by atoms with Crippen molar-refractivity contribution < 1.29 is 5.11 Å². The van der Waals surface area contributed by atoms with Crippen LogP contribution in [0.15, 0.2) is 54.6 Å². The van der Waals surface area contributed by atoms with Crippen molar-refractivity contribution in [1.82, 2.24) is 9.55 Å². The van der Waals surface area contributed by atoms with Crippen LogP contribution in [-0.4, -0.2) is 20.8 Å². The molecule has 3 N–H and O–H groups in total. The van der Waals surface area contributed by atoms with E-state index < -0.39 is 6.10 Å². The summed E-state index contributed by atoms with van der Waals surface area (Å²) in [6.07, 6.45) is -0.454. The average molecular weight is 281 g/mol. The van der Waals surface area contributed by atoms with Crippen molar-refractivity contribution in [3.63, 3.8) is 0 Å². The molecule has 0 aliphatic heterocycles. The topological polar surface area (TPSA) is 64.1 Å². The van der Waals surface area contributed by atoms with Crippen molar-refractivity contribution in [1.29, 1.82) is 0 Å². The van der Waals surface area contributed by atoms with Crippen molar-refractivity contribution in [2.75, 3.05) is 0 Å². The third kappa shape index (κ3) is 2.68. The zero-order valence-corrected chi connectivity index (χ0v) is 12.0. The molecule has 1 aromatic heterocycles.